The fourth-order valence-electron chi connectivity index (χ4n) is 1.60. The zero-order chi connectivity index (χ0) is 11.2. The minimum Gasteiger partial charge on any atom is -0.382 e. The molecule has 1 nitrogen and oxygen atoms in total. The van der Waals surface area contributed by atoms with Gasteiger partial charge in [-0.15, -0.1) is 0 Å². The van der Waals surface area contributed by atoms with E-state index in [0.717, 1.165) is 13.2 Å². The first-order valence-electron chi connectivity index (χ1n) is 6.64. The highest BCUT2D eigenvalue weighted by Crippen LogP contribution is 2.07. The Bertz CT molecular complexity index is 129. The third-order valence-corrected chi connectivity index (χ3v) is 2.52. The van der Waals surface area contributed by atoms with Crippen LogP contribution in [0.2, 0.25) is 0 Å². The van der Waals surface area contributed by atoms with Gasteiger partial charge in [0.2, 0.25) is 0 Å². The van der Waals surface area contributed by atoms with E-state index >= 15 is 0 Å². The Morgan fingerprint density at radius 3 is 2.13 bits per heavy atom. The third-order valence-electron chi connectivity index (χ3n) is 2.52. The van der Waals surface area contributed by atoms with Gasteiger partial charge in [-0.3, -0.25) is 0 Å². The van der Waals surface area contributed by atoms with Crippen molar-refractivity contribution in [1.82, 2.24) is 0 Å². The summed E-state index contributed by atoms with van der Waals surface area (Å²) in [7, 11) is 0. The van der Waals surface area contributed by atoms with E-state index in [4.69, 9.17) is 4.74 Å². The Morgan fingerprint density at radius 2 is 1.47 bits per heavy atom. The average Bonchev–Trinajstić information content (AvgIpc) is 2.26. The van der Waals surface area contributed by atoms with Crippen molar-refractivity contribution in [2.24, 2.45) is 0 Å². The Hall–Kier alpha value is -0.300. The average molecular weight is 212 g/mol. The van der Waals surface area contributed by atoms with Crippen LogP contribution in [0.3, 0.4) is 0 Å². The molecule has 0 aliphatic rings. The van der Waals surface area contributed by atoms with Crippen molar-refractivity contribution < 1.29 is 4.74 Å². The molecule has 0 radical (unpaired) electrons. The minimum absolute atomic E-state index is 0.865. The van der Waals surface area contributed by atoms with Gasteiger partial charge >= 0.3 is 0 Å². The second kappa shape index (κ2) is 13.7. The predicted octanol–water partition coefficient (Wildman–Crippen LogP) is 4.72. The van der Waals surface area contributed by atoms with E-state index in [9.17, 15) is 0 Å². The number of allylic oxidation sites excluding steroid dienone is 2. The lowest BCUT2D eigenvalue weighted by molar-refractivity contribution is 0.143. The molecule has 0 aromatic carbocycles. The minimum atomic E-state index is 0.865. The maximum Gasteiger partial charge on any atom is 0.0465 e. The van der Waals surface area contributed by atoms with Gasteiger partial charge < -0.3 is 4.74 Å². The Labute approximate surface area is 95.9 Å². The lowest BCUT2D eigenvalue weighted by Crippen LogP contribution is -1.92. The monoisotopic (exact) mass is 212 g/mol. The Kier molecular flexibility index (Phi) is 13.4. The maximum atomic E-state index is 5.30. The van der Waals surface area contributed by atoms with Gasteiger partial charge in [-0.05, 0) is 32.6 Å². The van der Waals surface area contributed by atoms with Gasteiger partial charge in [0, 0.05) is 13.2 Å². The molecule has 0 saturated carbocycles. The summed E-state index contributed by atoms with van der Waals surface area (Å²) >= 11 is 0. The van der Waals surface area contributed by atoms with Crippen molar-refractivity contribution >= 4 is 0 Å². The topological polar surface area (TPSA) is 9.23 Å². The first kappa shape index (κ1) is 14.7. The van der Waals surface area contributed by atoms with E-state index in [-0.39, 0.29) is 0 Å². The fourth-order valence-corrected chi connectivity index (χ4v) is 1.60. The SMILES string of the molecule is CC/C=C/CCCCCCCCOCC. The highest BCUT2D eigenvalue weighted by atomic mass is 16.5. The van der Waals surface area contributed by atoms with Crippen LogP contribution in [0.1, 0.15) is 65.2 Å². The summed E-state index contributed by atoms with van der Waals surface area (Å²) in [5, 5.41) is 0. The lowest BCUT2D eigenvalue weighted by Gasteiger charge is -2.01. The standard InChI is InChI=1S/C14H28O/c1-3-5-6-7-8-9-10-11-12-13-14-15-4-2/h5-6H,3-4,7-14H2,1-2H3/b6-5+. The van der Waals surface area contributed by atoms with Crippen LogP contribution in [-0.4, -0.2) is 13.2 Å². The molecule has 0 amide bonds. The molecule has 0 fully saturated rings. The van der Waals surface area contributed by atoms with E-state index in [2.05, 4.69) is 26.0 Å². The number of ether oxygens (including phenoxy) is 1. The molecule has 90 valence electrons. The smallest absolute Gasteiger partial charge is 0.0465 e. The molecule has 0 aliphatic heterocycles. The molecular formula is C14H28O. The second-order valence-corrected chi connectivity index (χ2v) is 3.99. The van der Waals surface area contributed by atoms with Crippen LogP contribution in [0, 0.1) is 0 Å². The van der Waals surface area contributed by atoms with E-state index in [1.807, 2.05) is 0 Å². The van der Waals surface area contributed by atoms with Crippen molar-refractivity contribution in [2.75, 3.05) is 13.2 Å². The summed E-state index contributed by atoms with van der Waals surface area (Å²) in [6.45, 7) is 6.07. The molecular weight excluding hydrogens is 184 g/mol. The van der Waals surface area contributed by atoms with Crippen LogP contribution >= 0.6 is 0 Å². The highest BCUT2D eigenvalue weighted by Gasteiger charge is 1.90. The quantitative estimate of drug-likeness (QED) is 0.356. The second-order valence-electron chi connectivity index (χ2n) is 3.99. The van der Waals surface area contributed by atoms with Crippen LogP contribution in [0.25, 0.3) is 0 Å². The summed E-state index contributed by atoms with van der Waals surface area (Å²) in [4.78, 5) is 0. The maximum absolute atomic E-state index is 5.30. The molecule has 0 aromatic heterocycles. The molecule has 15 heavy (non-hydrogen) atoms. The predicted molar refractivity (Wildman–Crippen MR) is 68.2 cm³/mol. The molecule has 0 bridgehead atoms. The van der Waals surface area contributed by atoms with Crippen molar-refractivity contribution in [3.63, 3.8) is 0 Å². The first-order valence-corrected chi connectivity index (χ1v) is 6.64. The highest BCUT2D eigenvalue weighted by molar-refractivity contribution is 4.79. The molecule has 0 aromatic rings. The van der Waals surface area contributed by atoms with Crippen molar-refractivity contribution in [1.29, 1.82) is 0 Å². The number of hydrogen-bond donors (Lipinski definition) is 0. The third kappa shape index (κ3) is 13.7. The van der Waals surface area contributed by atoms with Gasteiger partial charge in [0.1, 0.15) is 0 Å². The first-order chi connectivity index (χ1) is 7.41. The van der Waals surface area contributed by atoms with Crippen LogP contribution in [0.5, 0.6) is 0 Å². The number of rotatable bonds is 11. The van der Waals surface area contributed by atoms with Gasteiger partial charge in [0.15, 0.2) is 0 Å². The molecule has 0 aliphatic carbocycles. The molecule has 0 rings (SSSR count). The van der Waals surface area contributed by atoms with Gasteiger partial charge in [-0.25, -0.2) is 0 Å². The lowest BCUT2D eigenvalue weighted by atomic mass is 10.1. The van der Waals surface area contributed by atoms with Crippen molar-refractivity contribution in [2.45, 2.75) is 65.2 Å². The summed E-state index contributed by atoms with van der Waals surface area (Å²) in [6.07, 6.45) is 15.1. The van der Waals surface area contributed by atoms with Gasteiger partial charge in [0.25, 0.3) is 0 Å². The Morgan fingerprint density at radius 1 is 0.800 bits per heavy atom. The van der Waals surface area contributed by atoms with Gasteiger partial charge in [0.05, 0.1) is 0 Å². The normalized spacial score (nSPS) is 11.3. The van der Waals surface area contributed by atoms with Crippen LogP contribution in [-0.2, 0) is 4.74 Å². The molecule has 0 N–H and O–H groups in total. The zero-order valence-electron chi connectivity index (χ0n) is 10.6. The largest absolute Gasteiger partial charge is 0.382 e. The molecule has 0 heterocycles. The number of hydrogen-bond acceptors (Lipinski definition) is 1. The summed E-state index contributed by atoms with van der Waals surface area (Å²) in [5.41, 5.74) is 0. The summed E-state index contributed by atoms with van der Waals surface area (Å²) < 4.78 is 5.30. The van der Waals surface area contributed by atoms with E-state index in [0.29, 0.717) is 0 Å². The van der Waals surface area contributed by atoms with Crippen LogP contribution in [0.15, 0.2) is 12.2 Å². The molecule has 0 saturated heterocycles. The van der Waals surface area contributed by atoms with Gasteiger partial charge in [-0.1, -0.05) is 44.8 Å². The van der Waals surface area contributed by atoms with Crippen molar-refractivity contribution in [3.05, 3.63) is 12.2 Å². The molecule has 1 heteroatoms. The van der Waals surface area contributed by atoms with Crippen LogP contribution < -0.4 is 0 Å². The number of unbranched alkanes of at least 4 members (excludes halogenated alkanes) is 6. The van der Waals surface area contributed by atoms with E-state index < -0.39 is 0 Å². The Balaban J connectivity index is 2.89. The van der Waals surface area contributed by atoms with Crippen molar-refractivity contribution in [3.8, 4) is 0 Å². The summed E-state index contributed by atoms with van der Waals surface area (Å²) in [5.74, 6) is 0. The fraction of sp³-hybridized carbons (Fsp3) is 0.857. The van der Waals surface area contributed by atoms with E-state index in [1.165, 1.54) is 51.4 Å². The summed E-state index contributed by atoms with van der Waals surface area (Å²) in [6, 6.07) is 0. The molecule has 0 spiro atoms. The van der Waals surface area contributed by atoms with Crippen LogP contribution in [0.4, 0.5) is 0 Å². The van der Waals surface area contributed by atoms with Gasteiger partial charge in [-0.2, -0.15) is 0 Å². The molecule has 0 unspecified atom stereocenters. The molecule has 0 atom stereocenters. The van der Waals surface area contributed by atoms with E-state index in [1.54, 1.807) is 0 Å². The zero-order valence-corrected chi connectivity index (χ0v) is 10.6.